The first-order valence-corrected chi connectivity index (χ1v) is 10.3. The summed E-state index contributed by atoms with van der Waals surface area (Å²) in [6.07, 6.45) is -0.349. The minimum Gasteiger partial charge on any atom is -0.449 e. The van der Waals surface area contributed by atoms with Crippen molar-refractivity contribution in [2.75, 3.05) is 31.6 Å². The van der Waals surface area contributed by atoms with Crippen LogP contribution in [0.5, 0.6) is 0 Å². The van der Waals surface area contributed by atoms with Gasteiger partial charge in [0.1, 0.15) is 0 Å². The van der Waals surface area contributed by atoms with Crippen molar-refractivity contribution in [3.8, 4) is 10.4 Å². The number of halogens is 3. The first-order valence-electron chi connectivity index (χ1n) is 9.15. The van der Waals surface area contributed by atoms with Crippen LogP contribution < -0.4 is 5.32 Å². The van der Waals surface area contributed by atoms with Gasteiger partial charge < -0.3 is 9.64 Å². The van der Waals surface area contributed by atoms with E-state index in [2.05, 4.69) is 15.2 Å². The molecule has 0 unspecified atom stereocenters. The average Bonchev–Trinajstić information content (AvgIpc) is 3.12. The number of amides is 1. The van der Waals surface area contributed by atoms with Gasteiger partial charge in [-0.1, -0.05) is 23.7 Å². The molecule has 2 bridgehead atoms. The fraction of sp³-hybridized carbons (Fsp3) is 0.474. The van der Waals surface area contributed by atoms with Gasteiger partial charge in [-0.05, 0) is 56.6 Å². The summed E-state index contributed by atoms with van der Waals surface area (Å²) in [4.78, 5) is 19.1. The van der Waals surface area contributed by atoms with Crippen LogP contribution in [-0.4, -0.2) is 42.2 Å². The minimum absolute atomic E-state index is 0.0398. The van der Waals surface area contributed by atoms with Crippen molar-refractivity contribution in [2.45, 2.75) is 25.7 Å². The maximum atomic E-state index is 13.2. The van der Waals surface area contributed by atoms with Gasteiger partial charge in [0, 0.05) is 10.4 Å². The van der Waals surface area contributed by atoms with Crippen molar-refractivity contribution >= 4 is 34.8 Å². The molecule has 3 aliphatic heterocycles. The van der Waals surface area contributed by atoms with Gasteiger partial charge in [0.2, 0.25) is 0 Å². The molecular weight excluding hydrogens is 408 g/mol. The molecule has 3 saturated heterocycles. The highest BCUT2D eigenvalue weighted by Gasteiger charge is 2.40. The number of hydrogen-bond donors (Lipinski definition) is 1. The number of fused-ring (bicyclic) bond motifs is 3. The Morgan fingerprint density at radius 3 is 2.68 bits per heavy atom. The fourth-order valence-electron chi connectivity index (χ4n) is 3.80. The van der Waals surface area contributed by atoms with E-state index in [1.54, 1.807) is 24.3 Å². The van der Waals surface area contributed by atoms with Crippen molar-refractivity contribution in [3.63, 3.8) is 0 Å². The lowest BCUT2D eigenvalue weighted by Crippen LogP contribution is -2.50. The molecule has 150 valence electrons. The third-order valence-electron chi connectivity index (χ3n) is 5.52. The summed E-state index contributed by atoms with van der Waals surface area (Å²) in [5.41, 5.74) is 0.656. The molecule has 28 heavy (non-hydrogen) atoms. The molecule has 0 spiro atoms. The Bertz CT molecular complexity index is 855. The van der Waals surface area contributed by atoms with Crippen LogP contribution in [0.4, 0.5) is 19.4 Å². The summed E-state index contributed by atoms with van der Waals surface area (Å²) in [5.74, 6) is 0.0727. The van der Waals surface area contributed by atoms with Crippen LogP contribution >= 0.6 is 22.9 Å². The molecule has 5 nitrogen and oxygen atoms in total. The molecule has 3 aliphatic rings. The van der Waals surface area contributed by atoms with Gasteiger partial charge in [-0.3, -0.25) is 5.32 Å². The first kappa shape index (κ1) is 19.5. The largest absolute Gasteiger partial charge is 0.449 e. The van der Waals surface area contributed by atoms with E-state index in [0.29, 0.717) is 22.1 Å². The Balaban J connectivity index is 1.48. The number of nitrogens with one attached hydrogen (secondary N) is 1. The van der Waals surface area contributed by atoms with E-state index >= 15 is 0 Å². The average molecular weight is 428 g/mol. The summed E-state index contributed by atoms with van der Waals surface area (Å²) in [6.45, 7) is 3.44. The zero-order valence-electron chi connectivity index (χ0n) is 15.1. The summed E-state index contributed by atoms with van der Waals surface area (Å²) in [6, 6.07) is 6.79. The molecule has 1 aromatic carbocycles. The second-order valence-electron chi connectivity index (χ2n) is 7.33. The Morgan fingerprint density at radius 2 is 2.04 bits per heavy atom. The van der Waals surface area contributed by atoms with Crippen molar-refractivity contribution in [1.29, 1.82) is 0 Å². The zero-order valence-corrected chi connectivity index (χ0v) is 16.7. The molecular formula is C19H20ClF2N3O2S. The van der Waals surface area contributed by atoms with Crippen molar-refractivity contribution in [1.82, 2.24) is 9.88 Å². The summed E-state index contributed by atoms with van der Waals surface area (Å²) in [5, 5.41) is 2.66. The summed E-state index contributed by atoms with van der Waals surface area (Å²) < 4.78 is 31.8. The predicted octanol–water partition coefficient (Wildman–Crippen LogP) is 5.44. The third kappa shape index (κ3) is 4.14. The molecule has 0 atom stereocenters. The number of anilines is 1. The number of piperidine rings is 3. The molecule has 5 rings (SSSR count). The van der Waals surface area contributed by atoms with E-state index in [4.69, 9.17) is 16.3 Å². The third-order valence-corrected chi connectivity index (χ3v) is 6.87. The minimum atomic E-state index is -2.72. The van der Waals surface area contributed by atoms with Crippen LogP contribution in [0.2, 0.25) is 5.02 Å². The van der Waals surface area contributed by atoms with Gasteiger partial charge in [0.15, 0.2) is 10.8 Å². The normalized spacial score (nSPS) is 23.8. The Kier molecular flexibility index (Phi) is 5.53. The van der Waals surface area contributed by atoms with E-state index in [1.165, 1.54) is 0 Å². The van der Waals surface area contributed by atoms with E-state index < -0.39 is 12.5 Å². The number of ether oxygens (including phenoxy) is 1. The molecule has 0 saturated carbocycles. The van der Waals surface area contributed by atoms with E-state index in [0.717, 1.165) is 50.2 Å². The van der Waals surface area contributed by atoms with E-state index in [1.807, 2.05) is 0 Å². The number of aromatic nitrogens is 1. The molecule has 9 heteroatoms. The van der Waals surface area contributed by atoms with Crippen LogP contribution in [0.15, 0.2) is 24.3 Å². The number of nitrogens with zero attached hydrogens (tertiary/aromatic N) is 2. The maximum Gasteiger partial charge on any atom is 0.412 e. The van der Waals surface area contributed by atoms with Crippen LogP contribution in [0.25, 0.3) is 10.4 Å². The summed E-state index contributed by atoms with van der Waals surface area (Å²) in [7, 11) is 0. The van der Waals surface area contributed by atoms with Crippen molar-refractivity contribution in [2.24, 2.45) is 5.41 Å². The SMILES string of the molecule is O=C(Nc1nc(C(F)F)sc1-c1cccc(Cl)c1)OCC12CCN(CC1)CC2. The van der Waals surface area contributed by atoms with Gasteiger partial charge in [-0.2, -0.15) is 0 Å². The first-order chi connectivity index (χ1) is 13.4. The highest BCUT2D eigenvalue weighted by molar-refractivity contribution is 7.15. The van der Waals surface area contributed by atoms with Gasteiger partial charge in [0.25, 0.3) is 6.43 Å². The quantitative estimate of drug-likeness (QED) is 0.690. The standard InChI is InChI=1S/C19H20ClF2N3O2S/c20-13-3-1-2-12(10-13)14-16(23-17(28-14)15(21)22)24-18(26)27-11-19-4-7-25(8-5-19)9-6-19/h1-3,10,15H,4-9,11H2,(H,24,26). The molecule has 1 amide bonds. The van der Waals surface area contributed by atoms with Crippen LogP contribution in [0.3, 0.4) is 0 Å². The lowest BCUT2D eigenvalue weighted by Gasteiger charge is -2.47. The molecule has 1 N–H and O–H groups in total. The van der Waals surface area contributed by atoms with Gasteiger partial charge in [0.05, 0.1) is 11.5 Å². The van der Waals surface area contributed by atoms with Gasteiger partial charge in [-0.15, -0.1) is 11.3 Å². The van der Waals surface area contributed by atoms with Crippen LogP contribution in [-0.2, 0) is 4.74 Å². The van der Waals surface area contributed by atoms with Gasteiger partial charge in [-0.25, -0.2) is 18.6 Å². The Morgan fingerprint density at radius 1 is 1.32 bits per heavy atom. The number of hydrogen-bond acceptors (Lipinski definition) is 5. The van der Waals surface area contributed by atoms with E-state index in [9.17, 15) is 13.6 Å². The topological polar surface area (TPSA) is 54.5 Å². The highest BCUT2D eigenvalue weighted by Crippen LogP contribution is 2.41. The highest BCUT2D eigenvalue weighted by atomic mass is 35.5. The number of alkyl halides is 2. The zero-order chi connectivity index (χ0) is 19.7. The molecule has 4 heterocycles. The smallest absolute Gasteiger partial charge is 0.412 e. The summed E-state index contributed by atoms with van der Waals surface area (Å²) >= 11 is 6.85. The van der Waals surface area contributed by atoms with Crippen molar-refractivity contribution in [3.05, 3.63) is 34.3 Å². The van der Waals surface area contributed by atoms with Crippen LogP contribution in [0, 0.1) is 5.41 Å². The van der Waals surface area contributed by atoms with E-state index in [-0.39, 0.29) is 16.2 Å². The number of benzene rings is 1. The molecule has 1 aromatic heterocycles. The van der Waals surface area contributed by atoms with Crippen molar-refractivity contribution < 1.29 is 18.3 Å². The molecule has 0 aliphatic carbocycles. The molecule has 3 fully saturated rings. The Hall–Kier alpha value is -1.77. The van der Waals surface area contributed by atoms with Crippen LogP contribution in [0.1, 0.15) is 30.7 Å². The number of carbonyl (C=O) groups is 1. The second kappa shape index (κ2) is 7.93. The predicted molar refractivity (Wildman–Crippen MR) is 105 cm³/mol. The number of thiazole rings is 1. The monoisotopic (exact) mass is 427 g/mol. The molecule has 0 radical (unpaired) electrons. The number of rotatable bonds is 5. The lowest BCUT2D eigenvalue weighted by molar-refractivity contribution is -0.0190. The maximum absolute atomic E-state index is 13.2. The number of carbonyl (C=O) groups excluding carboxylic acids is 1. The van der Waals surface area contributed by atoms with Gasteiger partial charge >= 0.3 is 6.09 Å². The Labute approximate surface area is 170 Å². The lowest BCUT2D eigenvalue weighted by atomic mass is 9.73. The molecule has 2 aromatic rings. The fourth-order valence-corrected chi connectivity index (χ4v) is 4.87. The second-order valence-corrected chi connectivity index (χ2v) is 8.80.